The van der Waals surface area contributed by atoms with E-state index in [4.69, 9.17) is 16.7 Å². The molecule has 0 aromatic heterocycles. The van der Waals surface area contributed by atoms with Gasteiger partial charge in [0.05, 0.1) is 0 Å². The lowest BCUT2D eigenvalue weighted by molar-refractivity contribution is -0.137. The molecule has 0 saturated heterocycles. The van der Waals surface area contributed by atoms with Crippen LogP contribution in [0.5, 0.6) is 0 Å². The Kier molecular flexibility index (Phi) is 7.04. The molecule has 0 aliphatic carbocycles. The number of carbonyl (C=O) groups is 2. The van der Waals surface area contributed by atoms with E-state index in [1.54, 1.807) is 12.1 Å². The van der Waals surface area contributed by atoms with Gasteiger partial charge >= 0.3 is 5.97 Å². The van der Waals surface area contributed by atoms with E-state index in [9.17, 15) is 9.59 Å². The summed E-state index contributed by atoms with van der Waals surface area (Å²) in [5.74, 6) is -0.915. The summed E-state index contributed by atoms with van der Waals surface area (Å²) in [6, 6.07) is 12.9. The molecule has 1 atom stereocenters. The Morgan fingerprint density at radius 1 is 1.19 bits per heavy atom. The number of aliphatic carboxylic acids is 1. The van der Waals surface area contributed by atoms with E-state index in [2.05, 4.69) is 10.6 Å². The fourth-order valence-corrected chi connectivity index (χ4v) is 2.78. The second-order valence-electron chi connectivity index (χ2n) is 6.35. The van der Waals surface area contributed by atoms with E-state index in [1.807, 2.05) is 44.2 Å². The van der Waals surface area contributed by atoms with Gasteiger partial charge in [0.25, 0.3) is 0 Å². The zero-order chi connectivity index (χ0) is 19.1. The summed E-state index contributed by atoms with van der Waals surface area (Å²) in [5.41, 5.74) is 3.48. The molecular weight excluding hydrogens is 352 g/mol. The molecule has 0 aliphatic rings. The van der Waals surface area contributed by atoms with Gasteiger partial charge in [-0.3, -0.25) is 9.59 Å². The van der Waals surface area contributed by atoms with Crippen LogP contribution >= 0.6 is 11.6 Å². The maximum atomic E-state index is 12.3. The van der Waals surface area contributed by atoms with Crippen molar-refractivity contribution in [1.29, 1.82) is 0 Å². The van der Waals surface area contributed by atoms with Gasteiger partial charge in [-0.25, -0.2) is 0 Å². The van der Waals surface area contributed by atoms with Gasteiger partial charge in [-0.2, -0.15) is 0 Å². The lowest BCUT2D eigenvalue weighted by Gasteiger charge is -2.16. The van der Waals surface area contributed by atoms with E-state index in [1.165, 1.54) is 0 Å². The van der Waals surface area contributed by atoms with Crippen LogP contribution in [0.15, 0.2) is 42.5 Å². The van der Waals surface area contributed by atoms with Crippen molar-refractivity contribution in [3.05, 3.63) is 58.6 Å². The summed E-state index contributed by atoms with van der Waals surface area (Å²) in [7, 11) is 0. The van der Waals surface area contributed by atoms with Crippen LogP contribution in [0, 0.1) is 6.92 Å². The number of hydrogen-bond donors (Lipinski definition) is 3. The Balaban J connectivity index is 1.90. The number of anilines is 2. The Morgan fingerprint density at radius 2 is 1.96 bits per heavy atom. The number of rotatable bonds is 8. The zero-order valence-corrected chi connectivity index (χ0v) is 15.6. The Bertz CT molecular complexity index is 792. The number of carboxylic acids is 1. The van der Waals surface area contributed by atoms with Crippen LogP contribution in [-0.2, 0) is 16.0 Å². The van der Waals surface area contributed by atoms with Crippen molar-refractivity contribution in [2.45, 2.75) is 39.2 Å². The monoisotopic (exact) mass is 374 g/mol. The van der Waals surface area contributed by atoms with Crippen LogP contribution in [0.25, 0.3) is 0 Å². The second kappa shape index (κ2) is 9.25. The van der Waals surface area contributed by atoms with Crippen LogP contribution < -0.4 is 10.6 Å². The third-order valence-corrected chi connectivity index (χ3v) is 4.17. The number of carboxylic acid groups (broad SMARTS) is 1. The molecule has 0 radical (unpaired) electrons. The van der Waals surface area contributed by atoms with E-state index < -0.39 is 5.97 Å². The molecule has 3 N–H and O–H groups in total. The number of amides is 1. The Morgan fingerprint density at radius 3 is 2.69 bits per heavy atom. The van der Waals surface area contributed by atoms with Crippen molar-refractivity contribution < 1.29 is 14.7 Å². The molecule has 26 heavy (non-hydrogen) atoms. The zero-order valence-electron chi connectivity index (χ0n) is 14.9. The fraction of sp³-hybridized carbons (Fsp3) is 0.300. The molecule has 5 nitrogen and oxygen atoms in total. The first-order chi connectivity index (χ1) is 12.3. The number of hydrogen-bond acceptors (Lipinski definition) is 3. The lowest BCUT2D eigenvalue weighted by Crippen LogP contribution is -2.24. The SMILES string of the molecule is Cc1ccc(Cl)cc1NC(=O)CC(C)Nc1cccc(CCC(=O)O)c1. The van der Waals surface area contributed by atoms with E-state index >= 15 is 0 Å². The van der Waals surface area contributed by atoms with Crippen molar-refractivity contribution in [2.24, 2.45) is 0 Å². The molecule has 6 heteroatoms. The van der Waals surface area contributed by atoms with Crippen LogP contribution in [0.3, 0.4) is 0 Å². The number of halogens is 1. The van der Waals surface area contributed by atoms with Crippen molar-refractivity contribution >= 4 is 34.9 Å². The first-order valence-corrected chi connectivity index (χ1v) is 8.84. The first kappa shape index (κ1) is 19.8. The summed E-state index contributed by atoms with van der Waals surface area (Å²) in [6.07, 6.45) is 0.874. The minimum atomic E-state index is -0.815. The number of aryl methyl sites for hydroxylation is 2. The fourth-order valence-electron chi connectivity index (χ4n) is 2.61. The summed E-state index contributed by atoms with van der Waals surface area (Å²) < 4.78 is 0. The van der Waals surface area contributed by atoms with Crippen LogP contribution in [0.2, 0.25) is 5.02 Å². The molecule has 0 spiro atoms. The summed E-state index contributed by atoms with van der Waals surface area (Å²) >= 11 is 5.97. The minimum absolute atomic E-state index is 0.0794. The molecule has 0 bridgehead atoms. The van der Waals surface area contributed by atoms with Crippen molar-refractivity contribution in [3.63, 3.8) is 0 Å². The second-order valence-corrected chi connectivity index (χ2v) is 6.79. The quantitative estimate of drug-likeness (QED) is 0.635. The Hall–Kier alpha value is -2.53. The molecule has 138 valence electrons. The average Bonchev–Trinajstić information content (AvgIpc) is 2.56. The predicted molar refractivity (Wildman–Crippen MR) is 105 cm³/mol. The summed E-state index contributed by atoms with van der Waals surface area (Å²) in [4.78, 5) is 22.9. The van der Waals surface area contributed by atoms with Crippen LogP contribution in [0.1, 0.15) is 30.9 Å². The molecule has 2 rings (SSSR count). The van der Waals surface area contributed by atoms with Crippen molar-refractivity contribution in [1.82, 2.24) is 0 Å². The topological polar surface area (TPSA) is 78.4 Å². The van der Waals surface area contributed by atoms with Gasteiger partial charge < -0.3 is 15.7 Å². The van der Waals surface area contributed by atoms with Gasteiger partial charge in [0.2, 0.25) is 5.91 Å². The third-order valence-electron chi connectivity index (χ3n) is 3.93. The maximum Gasteiger partial charge on any atom is 0.303 e. The van der Waals surface area contributed by atoms with Gasteiger partial charge in [-0.05, 0) is 55.7 Å². The Labute approximate surface area is 158 Å². The van der Waals surface area contributed by atoms with Gasteiger partial charge in [0, 0.05) is 35.3 Å². The van der Waals surface area contributed by atoms with E-state index in [0.717, 1.165) is 16.8 Å². The van der Waals surface area contributed by atoms with Crippen LogP contribution in [-0.4, -0.2) is 23.0 Å². The summed E-state index contributed by atoms with van der Waals surface area (Å²) in [6.45, 7) is 3.84. The first-order valence-electron chi connectivity index (χ1n) is 8.47. The molecule has 0 fully saturated rings. The smallest absolute Gasteiger partial charge is 0.303 e. The maximum absolute atomic E-state index is 12.3. The third kappa shape index (κ3) is 6.41. The predicted octanol–water partition coefficient (Wildman–Crippen LogP) is 4.49. The van der Waals surface area contributed by atoms with Gasteiger partial charge in [0.15, 0.2) is 0 Å². The van der Waals surface area contributed by atoms with E-state index in [0.29, 0.717) is 23.6 Å². The van der Waals surface area contributed by atoms with Crippen molar-refractivity contribution in [3.8, 4) is 0 Å². The van der Waals surface area contributed by atoms with Gasteiger partial charge in [0.1, 0.15) is 0 Å². The number of benzene rings is 2. The molecule has 0 saturated carbocycles. The van der Waals surface area contributed by atoms with Crippen LogP contribution in [0.4, 0.5) is 11.4 Å². The van der Waals surface area contributed by atoms with E-state index in [-0.39, 0.29) is 18.4 Å². The molecule has 1 unspecified atom stereocenters. The highest BCUT2D eigenvalue weighted by Gasteiger charge is 2.11. The highest BCUT2D eigenvalue weighted by Crippen LogP contribution is 2.21. The normalized spacial score (nSPS) is 11.7. The van der Waals surface area contributed by atoms with Gasteiger partial charge in [-0.1, -0.05) is 29.8 Å². The average molecular weight is 375 g/mol. The highest BCUT2D eigenvalue weighted by atomic mass is 35.5. The molecule has 2 aromatic carbocycles. The highest BCUT2D eigenvalue weighted by molar-refractivity contribution is 6.31. The molecule has 2 aromatic rings. The molecule has 0 heterocycles. The van der Waals surface area contributed by atoms with Crippen molar-refractivity contribution in [2.75, 3.05) is 10.6 Å². The molecule has 1 amide bonds. The largest absolute Gasteiger partial charge is 0.481 e. The molecule has 0 aliphatic heterocycles. The number of carbonyl (C=O) groups excluding carboxylic acids is 1. The number of nitrogens with one attached hydrogen (secondary N) is 2. The summed E-state index contributed by atoms with van der Waals surface area (Å²) in [5, 5.41) is 15.5. The molecular formula is C20H23ClN2O3. The minimum Gasteiger partial charge on any atom is -0.481 e. The lowest BCUT2D eigenvalue weighted by atomic mass is 10.1. The van der Waals surface area contributed by atoms with Gasteiger partial charge in [-0.15, -0.1) is 0 Å². The standard InChI is InChI=1S/C20H23ClN2O3/c1-13-6-8-16(21)12-18(13)23-19(24)10-14(2)22-17-5-3-4-15(11-17)7-9-20(25)26/h3-6,8,11-12,14,22H,7,9-10H2,1-2H3,(H,23,24)(H,25,26).